The summed E-state index contributed by atoms with van der Waals surface area (Å²) < 4.78 is 1.83. The molecule has 0 saturated heterocycles. The number of hydrogen-bond donors (Lipinski definition) is 1. The van der Waals surface area contributed by atoms with Gasteiger partial charge < -0.3 is 5.11 Å². The van der Waals surface area contributed by atoms with Gasteiger partial charge in [0.25, 0.3) is 0 Å². The van der Waals surface area contributed by atoms with Gasteiger partial charge in [0.05, 0.1) is 12.6 Å². The van der Waals surface area contributed by atoms with Crippen molar-refractivity contribution in [1.82, 2.24) is 14.7 Å². The number of aromatic nitrogens is 2. The molecule has 2 saturated carbocycles. The molecular weight excluding hydrogens is 250 g/mol. The summed E-state index contributed by atoms with van der Waals surface area (Å²) in [5, 5.41) is 14.5. The van der Waals surface area contributed by atoms with Crippen LogP contribution in [0, 0.1) is 5.92 Å². The lowest BCUT2D eigenvalue weighted by Gasteiger charge is -2.31. The molecule has 1 atom stereocenters. The van der Waals surface area contributed by atoms with E-state index in [4.69, 9.17) is 0 Å². The molecule has 0 aliphatic heterocycles. The van der Waals surface area contributed by atoms with Gasteiger partial charge in [0.2, 0.25) is 0 Å². The zero-order valence-electron chi connectivity index (χ0n) is 12.3. The first kappa shape index (κ1) is 14.1. The summed E-state index contributed by atoms with van der Waals surface area (Å²) in [6.07, 6.45) is 13.0. The second kappa shape index (κ2) is 6.72. The number of hydrogen-bond acceptors (Lipinski definition) is 3. The highest BCUT2D eigenvalue weighted by atomic mass is 16.3. The summed E-state index contributed by atoms with van der Waals surface area (Å²) in [5.74, 6) is 0.862. The topological polar surface area (TPSA) is 41.3 Å². The summed E-state index contributed by atoms with van der Waals surface area (Å²) in [5.41, 5.74) is 0. The molecule has 4 heteroatoms. The second-order valence-corrected chi connectivity index (χ2v) is 6.57. The first-order valence-electron chi connectivity index (χ1n) is 8.21. The van der Waals surface area contributed by atoms with Crippen LogP contribution in [0.1, 0.15) is 44.9 Å². The van der Waals surface area contributed by atoms with Crippen molar-refractivity contribution in [3.05, 3.63) is 18.5 Å². The van der Waals surface area contributed by atoms with Gasteiger partial charge in [0.15, 0.2) is 0 Å². The average molecular weight is 277 g/mol. The highest BCUT2D eigenvalue weighted by Crippen LogP contribution is 2.31. The molecular formula is C16H27N3O. The average Bonchev–Trinajstić information content (AvgIpc) is 3.18. The first-order valence-corrected chi connectivity index (χ1v) is 8.21. The van der Waals surface area contributed by atoms with Gasteiger partial charge in [-0.05, 0) is 37.7 Å². The van der Waals surface area contributed by atoms with E-state index in [1.165, 1.54) is 51.5 Å². The van der Waals surface area contributed by atoms with Gasteiger partial charge in [0.1, 0.15) is 0 Å². The van der Waals surface area contributed by atoms with Crippen LogP contribution >= 0.6 is 0 Å². The molecule has 2 aliphatic carbocycles. The number of rotatable bonds is 7. The van der Waals surface area contributed by atoms with Gasteiger partial charge in [-0.1, -0.05) is 19.3 Å². The van der Waals surface area contributed by atoms with Crippen molar-refractivity contribution in [2.45, 2.75) is 63.6 Å². The van der Waals surface area contributed by atoms with Crippen molar-refractivity contribution < 1.29 is 5.11 Å². The zero-order chi connectivity index (χ0) is 13.8. The predicted octanol–water partition coefficient (Wildman–Crippen LogP) is 2.29. The van der Waals surface area contributed by atoms with Crippen molar-refractivity contribution in [1.29, 1.82) is 0 Å². The van der Waals surface area contributed by atoms with Crippen LogP contribution in [-0.4, -0.2) is 45.0 Å². The Bertz CT molecular complexity index is 382. The molecule has 20 heavy (non-hydrogen) atoms. The fraction of sp³-hybridized carbons (Fsp3) is 0.812. The van der Waals surface area contributed by atoms with E-state index in [0.29, 0.717) is 6.54 Å². The molecule has 2 aliphatic rings. The van der Waals surface area contributed by atoms with Crippen molar-refractivity contribution in [3.8, 4) is 0 Å². The Hall–Kier alpha value is -0.870. The highest BCUT2D eigenvalue weighted by molar-refractivity contribution is 4.88. The molecule has 0 aromatic carbocycles. The van der Waals surface area contributed by atoms with Gasteiger partial charge in [-0.25, -0.2) is 0 Å². The largest absolute Gasteiger partial charge is 0.390 e. The van der Waals surface area contributed by atoms with E-state index < -0.39 is 0 Å². The van der Waals surface area contributed by atoms with Crippen LogP contribution in [0.5, 0.6) is 0 Å². The Morgan fingerprint density at radius 3 is 2.65 bits per heavy atom. The summed E-state index contributed by atoms with van der Waals surface area (Å²) >= 11 is 0. The fourth-order valence-corrected chi connectivity index (χ4v) is 3.47. The Kier molecular flexibility index (Phi) is 4.73. The first-order chi connectivity index (χ1) is 9.81. The molecule has 3 rings (SSSR count). The fourth-order valence-electron chi connectivity index (χ4n) is 3.47. The number of nitrogens with zero attached hydrogens (tertiary/aromatic N) is 3. The SMILES string of the molecule is OC(CN(CC1CCCCC1)C1CC1)Cn1cccn1. The molecule has 1 aromatic heterocycles. The van der Waals surface area contributed by atoms with Crippen LogP contribution in [-0.2, 0) is 6.54 Å². The lowest BCUT2D eigenvalue weighted by atomic mass is 9.89. The molecule has 2 fully saturated rings. The van der Waals surface area contributed by atoms with Crippen LogP contribution in [0.15, 0.2) is 18.5 Å². The van der Waals surface area contributed by atoms with Gasteiger partial charge in [0, 0.05) is 31.5 Å². The summed E-state index contributed by atoms with van der Waals surface area (Å²) in [7, 11) is 0. The third-order valence-electron chi connectivity index (χ3n) is 4.68. The van der Waals surface area contributed by atoms with Gasteiger partial charge in [-0.2, -0.15) is 5.10 Å². The van der Waals surface area contributed by atoms with Crippen molar-refractivity contribution in [2.24, 2.45) is 5.92 Å². The van der Waals surface area contributed by atoms with Crippen LogP contribution in [0.25, 0.3) is 0 Å². The molecule has 0 radical (unpaired) electrons. The highest BCUT2D eigenvalue weighted by Gasteiger charge is 2.32. The van der Waals surface area contributed by atoms with E-state index in [1.807, 2.05) is 16.9 Å². The van der Waals surface area contributed by atoms with Crippen molar-refractivity contribution in [3.63, 3.8) is 0 Å². The smallest absolute Gasteiger partial charge is 0.0862 e. The Morgan fingerprint density at radius 1 is 1.20 bits per heavy atom. The Labute approximate surface area is 121 Å². The number of aliphatic hydroxyl groups excluding tert-OH is 1. The van der Waals surface area contributed by atoms with Crippen LogP contribution < -0.4 is 0 Å². The minimum absolute atomic E-state index is 0.306. The second-order valence-electron chi connectivity index (χ2n) is 6.57. The molecule has 112 valence electrons. The van der Waals surface area contributed by atoms with E-state index in [2.05, 4.69) is 10.00 Å². The molecule has 0 bridgehead atoms. The van der Waals surface area contributed by atoms with E-state index in [1.54, 1.807) is 6.20 Å². The summed E-state index contributed by atoms with van der Waals surface area (Å²) in [4.78, 5) is 2.55. The van der Waals surface area contributed by atoms with E-state index >= 15 is 0 Å². The lowest BCUT2D eigenvalue weighted by Crippen LogP contribution is -2.39. The van der Waals surface area contributed by atoms with Crippen molar-refractivity contribution >= 4 is 0 Å². The third-order valence-corrected chi connectivity index (χ3v) is 4.68. The quantitative estimate of drug-likeness (QED) is 0.831. The van der Waals surface area contributed by atoms with Crippen LogP contribution in [0.4, 0.5) is 0 Å². The standard InChI is InChI=1S/C16H27N3O/c20-16(13-19-10-4-9-17-19)12-18(15-7-8-15)11-14-5-2-1-3-6-14/h4,9-10,14-16,20H,1-3,5-8,11-13H2. The summed E-state index contributed by atoms with van der Waals surface area (Å²) in [6.45, 7) is 2.61. The Balaban J connectivity index is 1.48. The predicted molar refractivity (Wildman–Crippen MR) is 79.4 cm³/mol. The monoisotopic (exact) mass is 277 g/mol. The molecule has 0 amide bonds. The van der Waals surface area contributed by atoms with Gasteiger partial charge in [-0.15, -0.1) is 0 Å². The van der Waals surface area contributed by atoms with E-state index in [-0.39, 0.29) is 6.10 Å². The minimum Gasteiger partial charge on any atom is -0.390 e. The zero-order valence-corrected chi connectivity index (χ0v) is 12.3. The maximum absolute atomic E-state index is 10.3. The van der Waals surface area contributed by atoms with Crippen molar-refractivity contribution in [2.75, 3.05) is 13.1 Å². The maximum Gasteiger partial charge on any atom is 0.0862 e. The molecule has 1 aromatic rings. The third kappa shape index (κ3) is 4.06. The van der Waals surface area contributed by atoms with Crippen LogP contribution in [0.3, 0.4) is 0 Å². The molecule has 1 unspecified atom stereocenters. The number of aliphatic hydroxyl groups is 1. The molecule has 1 heterocycles. The van der Waals surface area contributed by atoms with Gasteiger partial charge in [-0.3, -0.25) is 9.58 Å². The Morgan fingerprint density at radius 2 is 2.00 bits per heavy atom. The molecule has 1 N–H and O–H groups in total. The minimum atomic E-state index is -0.306. The van der Waals surface area contributed by atoms with Gasteiger partial charge >= 0.3 is 0 Å². The normalized spacial score (nSPS) is 22.3. The molecule has 4 nitrogen and oxygen atoms in total. The van der Waals surface area contributed by atoms with E-state index in [0.717, 1.165) is 18.5 Å². The molecule has 0 spiro atoms. The van der Waals surface area contributed by atoms with Crippen LogP contribution in [0.2, 0.25) is 0 Å². The lowest BCUT2D eigenvalue weighted by molar-refractivity contribution is 0.0784. The van der Waals surface area contributed by atoms with E-state index in [9.17, 15) is 5.11 Å². The maximum atomic E-state index is 10.3. The summed E-state index contributed by atoms with van der Waals surface area (Å²) in [6, 6.07) is 2.65.